The van der Waals surface area contributed by atoms with Gasteiger partial charge in [-0.3, -0.25) is 9.59 Å². The summed E-state index contributed by atoms with van der Waals surface area (Å²) in [5, 5.41) is 9.10. The van der Waals surface area contributed by atoms with Crippen LogP contribution in [-0.2, 0) is 9.59 Å². The molecule has 0 spiro atoms. The van der Waals surface area contributed by atoms with Crippen molar-refractivity contribution in [2.45, 2.75) is 38.6 Å². The second-order valence-corrected chi connectivity index (χ2v) is 5.54. The molecule has 1 N–H and O–H groups in total. The smallest absolute Gasteiger partial charge is 0.306 e. The molecule has 1 saturated carbocycles. The molecule has 1 aromatic rings. The van der Waals surface area contributed by atoms with Gasteiger partial charge in [0.15, 0.2) is 0 Å². The van der Waals surface area contributed by atoms with E-state index in [9.17, 15) is 9.59 Å². The van der Waals surface area contributed by atoms with Crippen molar-refractivity contribution >= 4 is 11.9 Å². The lowest BCUT2D eigenvalue weighted by molar-refractivity contribution is -0.145. The summed E-state index contributed by atoms with van der Waals surface area (Å²) in [5.41, 5.74) is 0. The molecule has 3 unspecified atom stereocenters. The van der Waals surface area contributed by atoms with Gasteiger partial charge in [0.25, 0.3) is 0 Å². The third-order valence-electron chi connectivity index (χ3n) is 4.26. The number of carbonyl (C=O) groups is 2. The Morgan fingerprint density at radius 3 is 2.70 bits per heavy atom. The summed E-state index contributed by atoms with van der Waals surface area (Å²) in [6.45, 7) is 1.91. The lowest BCUT2D eigenvalue weighted by Crippen LogP contribution is -2.38. The van der Waals surface area contributed by atoms with E-state index < -0.39 is 5.97 Å². The lowest BCUT2D eigenvalue weighted by atomic mass is 9.80. The highest BCUT2D eigenvalue weighted by Crippen LogP contribution is 2.32. The quantitative estimate of drug-likeness (QED) is 0.919. The predicted octanol–water partition coefficient (Wildman–Crippen LogP) is 2.69. The molecular formula is C15H21NO4. The fraction of sp³-hybridized carbons (Fsp3) is 0.600. The second kappa shape index (κ2) is 6.11. The Hall–Kier alpha value is -1.78. The Kier molecular flexibility index (Phi) is 4.47. The highest BCUT2D eigenvalue weighted by atomic mass is 16.4. The molecule has 1 aliphatic rings. The van der Waals surface area contributed by atoms with Crippen molar-refractivity contribution in [3.63, 3.8) is 0 Å². The first-order chi connectivity index (χ1) is 9.50. The number of rotatable bonds is 4. The summed E-state index contributed by atoms with van der Waals surface area (Å²) < 4.78 is 5.33. The van der Waals surface area contributed by atoms with Crippen LogP contribution in [0, 0.1) is 11.8 Å². The van der Waals surface area contributed by atoms with Crippen LogP contribution in [0.3, 0.4) is 0 Å². The first kappa shape index (κ1) is 14.6. The number of amides is 1. The third kappa shape index (κ3) is 3.03. The van der Waals surface area contributed by atoms with Crippen molar-refractivity contribution < 1.29 is 19.1 Å². The van der Waals surface area contributed by atoms with Crippen molar-refractivity contribution in [1.82, 2.24) is 4.90 Å². The van der Waals surface area contributed by atoms with Gasteiger partial charge in [-0.15, -0.1) is 0 Å². The molecule has 5 heteroatoms. The number of furan rings is 1. The molecule has 20 heavy (non-hydrogen) atoms. The number of aliphatic carboxylic acids is 1. The van der Waals surface area contributed by atoms with Gasteiger partial charge in [-0.25, -0.2) is 0 Å². The molecular weight excluding hydrogens is 258 g/mol. The molecule has 1 aromatic heterocycles. The van der Waals surface area contributed by atoms with Gasteiger partial charge in [0.05, 0.1) is 18.2 Å². The van der Waals surface area contributed by atoms with Gasteiger partial charge in [0, 0.05) is 13.0 Å². The maximum Gasteiger partial charge on any atom is 0.306 e. The Morgan fingerprint density at radius 1 is 1.40 bits per heavy atom. The molecule has 2 rings (SSSR count). The lowest BCUT2D eigenvalue weighted by Gasteiger charge is -2.31. The van der Waals surface area contributed by atoms with Crippen LogP contribution in [0.15, 0.2) is 22.8 Å². The minimum absolute atomic E-state index is 0.0138. The molecule has 1 aliphatic carbocycles. The van der Waals surface area contributed by atoms with E-state index >= 15 is 0 Å². The fourth-order valence-electron chi connectivity index (χ4n) is 2.84. The van der Waals surface area contributed by atoms with Gasteiger partial charge in [0.2, 0.25) is 5.91 Å². The fourth-order valence-corrected chi connectivity index (χ4v) is 2.84. The highest BCUT2D eigenvalue weighted by Gasteiger charge is 2.34. The second-order valence-electron chi connectivity index (χ2n) is 5.54. The summed E-state index contributed by atoms with van der Waals surface area (Å²) in [6.07, 6.45) is 4.29. The summed E-state index contributed by atoms with van der Waals surface area (Å²) in [4.78, 5) is 25.2. The molecule has 0 aromatic carbocycles. The minimum atomic E-state index is -0.788. The highest BCUT2D eigenvalue weighted by molar-refractivity contribution is 5.80. The van der Waals surface area contributed by atoms with E-state index in [-0.39, 0.29) is 23.8 Å². The first-order valence-corrected chi connectivity index (χ1v) is 7.03. The van der Waals surface area contributed by atoms with Crippen LogP contribution in [0.4, 0.5) is 0 Å². The minimum Gasteiger partial charge on any atom is -0.481 e. The Bertz CT molecular complexity index is 468. The van der Waals surface area contributed by atoms with Crippen LogP contribution in [0.25, 0.3) is 0 Å². The van der Waals surface area contributed by atoms with E-state index in [1.807, 2.05) is 13.0 Å². The molecule has 1 fully saturated rings. The number of nitrogens with zero attached hydrogens (tertiary/aromatic N) is 1. The number of hydrogen-bond donors (Lipinski definition) is 1. The molecule has 1 amide bonds. The average molecular weight is 279 g/mol. The van der Waals surface area contributed by atoms with Crippen molar-refractivity contribution in [3.8, 4) is 0 Å². The number of carboxylic acids is 1. The van der Waals surface area contributed by atoms with Gasteiger partial charge in [-0.1, -0.05) is 6.42 Å². The van der Waals surface area contributed by atoms with E-state index in [2.05, 4.69) is 0 Å². The van der Waals surface area contributed by atoms with Crippen molar-refractivity contribution in [3.05, 3.63) is 24.2 Å². The molecule has 0 aliphatic heterocycles. The zero-order chi connectivity index (χ0) is 14.7. The molecule has 1 heterocycles. The largest absolute Gasteiger partial charge is 0.481 e. The van der Waals surface area contributed by atoms with Crippen molar-refractivity contribution in [1.29, 1.82) is 0 Å². The van der Waals surface area contributed by atoms with Crippen LogP contribution in [0.1, 0.15) is 44.4 Å². The monoisotopic (exact) mass is 279 g/mol. The normalized spacial score (nSPS) is 24.1. The molecule has 110 valence electrons. The van der Waals surface area contributed by atoms with Gasteiger partial charge in [0.1, 0.15) is 5.76 Å². The Labute approximate surface area is 118 Å². The van der Waals surface area contributed by atoms with Gasteiger partial charge >= 0.3 is 5.97 Å². The summed E-state index contributed by atoms with van der Waals surface area (Å²) in [6, 6.07) is 3.50. The number of hydrogen-bond acceptors (Lipinski definition) is 3. The molecule has 3 atom stereocenters. The maximum absolute atomic E-state index is 12.5. The molecule has 5 nitrogen and oxygen atoms in total. The van der Waals surface area contributed by atoms with E-state index in [1.165, 1.54) is 0 Å². The topological polar surface area (TPSA) is 70.8 Å². The van der Waals surface area contributed by atoms with Gasteiger partial charge in [-0.2, -0.15) is 0 Å². The number of carboxylic acid groups (broad SMARTS) is 1. The van der Waals surface area contributed by atoms with Crippen LogP contribution in [-0.4, -0.2) is 28.9 Å². The van der Waals surface area contributed by atoms with Crippen LogP contribution in [0.2, 0.25) is 0 Å². The predicted molar refractivity (Wildman–Crippen MR) is 73.0 cm³/mol. The Balaban J connectivity index is 2.01. The zero-order valence-electron chi connectivity index (χ0n) is 11.9. The average Bonchev–Trinajstić information content (AvgIpc) is 2.99. The van der Waals surface area contributed by atoms with Gasteiger partial charge < -0.3 is 14.4 Å². The molecule has 0 radical (unpaired) electrons. The summed E-state index contributed by atoms with van der Waals surface area (Å²) in [7, 11) is 1.75. The van der Waals surface area contributed by atoms with Crippen LogP contribution < -0.4 is 0 Å². The Morgan fingerprint density at radius 2 is 2.10 bits per heavy atom. The van der Waals surface area contributed by atoms with E-state index in [0.717, 1.165) is 18.6 Å². The number of carbonyl (C=O) groups excluding carboxylic acids is 1. The molecule has 0 bridgehead atoms. The van der Waals surface area contributed by atoms with Crippen LogP contribution >= 0.6 is 0 Å². The summed E-state index contributed by atoms with van der Waals surface area (Å²) >= 11 is 0. The standard InChI is InChI=1S/C15H21NO4/c1-10(13-7-4-8-20-13)16(2)14(17)11-5-3-6-12(9-11)15(18)19/h4,7-8,10-12H,3,5-6,9H2,1-2H3,(H,18,19). The van der Waals surface area contributed by atoms with Crippen molar-refractivity contribution in [2.24, 2.45) is 11.8 Å². The summed E-state index contributed by atoms with van der Waals surface area (Å²) in [5.74, 6) is -0.604. The van der Waals surface area contributed by atoms with Gasteiger partial charge in [-0.05, 0) is 38.3 Å². The van der Waals surface area contributed by atoms with E-state index in [1.54, 1.807) is 24.3 Å². The maximum atomic E-state index is 12.5. The first-order valence-electron chi connectivity index (χ1n) is 7.03. The SMILES string of the molecule is CC(c1ccco1)N(C)C(=O)C1CCCC(C(=O)O)C1. The van der Waals surface area contributed by atoms with Crippen LogP contribution in [0.5, 0.6) is 0 Å². The molecule has 0 saturated heterocycles. The van der Waals surface area contributed by atoms with E-state index in [4.69, 9.17) is 9.52 Å². The third-order valence-corrected chi connectivity index (χ3v) is 4.26. The zero-order valence-corrected chi connectivity index (χ0v) is 11.9. The van der Waals surface area contributed by atoms with Crippen molar-refractivity contribution in [2.75, 3.05) is 7.05 Å². The van der Waals surface area contributed by atoms with E-state index in [0.29, 0.717) is 12.8 Å².